The van der Waals surface area contributed by atoms with Gasteiger partial charge in [0.05, 0.1) is 6.10 Å². The van der Waals surface area contributed by atoms with Gasteiger partial charge in [0.2, 0.25) is 0 Å². The number of aromatic nitrogens is 1. The minimum Gasteiger partial charge on any atom is -0.480 e. The molecular weight excluding hydrogens is 440 g/mol. The quantitative estimate of drug-likeness (QED) is 0.484. The van der Waals surface area contributed by atoms with Gasteiger partial charge in [-0.15, -0.1) is 0 Å². The Morgan fingerprint density at radius 2 is 2.06 bits per heavy atom. The Bertz CT molecular complexity index is 978. The van der Waals surface area contributed by atoms with Crippen LogP contribution in [0, 0.1) is 0 Å². The van der Waals surface area contributed by atoms with E-state index in [1.165, 1.54) is 29.8 Å². The zero-order valence-corrected chi connectivity index (χ0v) is 19.6. The molecule has 4 rings (SSSR count). The molecule has 184 valence electrons. The molecule has 2 N–H and O–H groups in total. The molecule has 2 aliphatic rings. The number of carboxylic acid groups (broad SMARTS) is 1. The SMILES string of the molecule is CC(F)(F)c1ccc(C(C(=O)O)N2CC[C@@H](OCCCCc3ccc4c(n3)NCCC4)C2)cc1. The summed E-state index contributed by atoms with van der Waals surface area (Å²) in [5, 5.41) is 13.2. The van der Waals surface area contributed by atoms with Crippen molar-refractivity contribution in [2.24, 2.45) is 0 Å². The highest BCUT2D eigenvalue weighted by Gasteiger charge is 2.34. The molecule has 0 spiro atoms. The van der Waals surface area contributed by atoms with Crippen LogP contribution in [0.2, 0.25) is 0 Å². The van der Waals surface area contributed by atoms with Crippen LogP contribution in [0.3, 0.4) is 0 Å². The van der Waals surface area contributed by atoms with Crippen LogP contribution in [-0.4, -0.2) is 53.3 Å². The molecule has 1 unspecified atom stereocenters. The summed E-state index contributed by atoms with van der Waals surface area (Å²) < 4.78 is 33.0. The Morgan fingerprint density at radius 3 is 2.79 bits per heavy atom. The number of nitrogens with zero attached hydrogens (tertiary/aromatic N) is 2. The third-order valence-electron chi connectivity index (χ3n) is 6.64. The topological polar surface area (TPSA) is 74.7 Å². The number of hydrogen-bond donors (Lipinski definition) is 2. The average Bonchev–Trinajstić information content (AvgIpc) is 3.26. The predicted octanol–water partition coefficient (Wildman–Crippen LogP) is 4.79. The summed E-state index contributed by atoms with van der Waals surface area (Å²) in [6, 6.07) is 9.02. The summed E-state index contributed by atoms with van der Waals surface area (Å²) >= 11 is 0. The van der Waals surface area contributed by atoms with E-state index in [1.54, 1.807) is 0 Å². The van der Waals surface area contributed by atoms with Crippen molar-refractivity contribution in [3.8, 4) is 0 Å². The molecular formula is C26H33F2N3O3. The number of benzene rings is 1. The Labute approximate surface area is 199 Å². The molecule has 2 atom stereocenters. The highest BCUT2D eigenvalue weighted by atomic mass is 19.3. The molecule has 1 fully saturated rings. The van der Waals surface area contributed by atoms with Crippen molar-refractivity contribution < 1.29 is 23.4 Å². The number of fused-ring (bicyclic) bond motifs is 1. The van der Waals surface area contributed by atoms with Gasteiger partial charge in [-0.25, -0.2) is 13.8 Å². The van der Waals surface area contributed by atoms with E-state index in [0.29, 0.717) is 25.3 Å². The van der Waals surface area contributed by atoms with Crippen LogP contribution in [0.15, 0.2) is 36.4 Å². The number of carboxylic acids is 1. The number of rotatable bonds is 10. The Kier molecular flexibility index (Phi) is 7.78. The molecule has 2 aromatic rings. The van der Waals surface area contributed by atoms with Gasteiger partial charge in [0.25, 0.3) is 5.92 Å². The second-order valence-corrected chi connectivity index (χ2v) is 9.33. The second kappa shape index (κ2) is 10.8. The van der Waals surface area contributed by atoms with Crippen molar-refractivity contribution in [3.63, 3.8) is 0 Å². The van der Waals surface area contributed by atoms with Gasteiger partial charge < -0.3 is 15.2 Å². The number of unbranched alkanes of at least 4 members (excludes halogenated alkanes) is 1. The fraction of sp³-hybridized carbons (Fsp3) is 0.538. The molecule has 8 heteroatoms. The summed E-state index contributed by atoms with van der Waals surface area (Å²) in [6.07, 6.45) is 5.78. The lowest BCUT2D eigenvalue weighted by atomic mass is 10.0. The fourth-order valence-corrected chi connectivity index (χ4v) is 4.76. The molecule has 3 heterocycles. The summed E-state index contributed by atoms with van der Waals surface area (Å²) in [6.45, 7) is 3.55. The number of aliphatic carboxylic acids is 1. The van der Waals surface area contributed by atoms with Crippen LogP contribution in [0.4, 0.5) is 14.6 Å². The van der Waals surface area contributed by atoms with Gasteiger partial charge in [0.1, 0.15) is 11.9 Å². The number of hydrogen-bond acceptors (Lipinski definition) is 5. The van der Waals surface area contributed by atoms with Crippen molar-refractivity contribution in [3.05, 3.63) is 58.8 Å². The number of carbonyl (C=O) groups is 1. The number of anilines is 1. The van der Waals surface area contributed by atoms with Crippen molar-refractivity contribution in [1.82, 2.24) is 9.88 Å². The minimum absolute atomic E-state index is 0.0211. The molecule has 0 bridgehead atoms. The van der Waals surface area contributed by atoms with Crippen LogP contribution >= 0.6 is 0 Å². The van der Waals surface area contributed by atoms with E-state index in [-0.39, 0.29) is 11.7 Å². The van der Waals surface area contributed by atoms with Crippen molar-refractivity contribution >= 4 is 11.8 Å². The van der Waals surface area contributed by atoms with E-state index < -0.39 is 17.9 Å². The van der Waals surface area contributed by atoms with Crippen molar-refractivity contribution in [2.75, 3.05) is 31.6 Å². The smallest absolute Gasteiger partial charge is 0.325 e. The molecule has 1 aromatic heterocycles. The first kappa shape index (κ1) is 24.5. The Hall–Kier alpha value is -2.58. The van der Waals surface area contributed by atoms with Gasteiger partial charge >= 0.3 is 5.97 Å². The molecule has 1 aromatic carbocycles. The zero-order valence-electron chi connectivity index (χ0n) is 19.6. The van der Waals surface area contributed by atoms with Crippen molar-refractivity contribution in [2.45, 2.75) is 63.5 Å². The average molecular weight is 474 g/mol. The predicted molar refractivity (Wildman–Crippen MR) is 126 cm³/mol. The van der Waals surface area contributed by atoms with Gasteiger partial charge in [0.15, 0.2) is 0 Å². The molecule has 0 aliphatic carbocycles. The lowest BCUT2D eigenvalue weighted by Crippen LogP contribution is -2.33. The molecule has 34 heavy (non-hydrogen) atoms. The van der Waals surface area contributed by atoms with E-state index in [1.807, 2.05) is 4.90 Å². The monoisotopic (exact) mass is 473 g/mol. The number of alkyl halides is 2. The van der Waals surface area contributed by atoms with Gasteiger partial charge in [-0.05, 0) is 55.7 Å². The van der Waals surface area contributed by atoms with Gasteiger partial charge in [-0.2, -0.15) is 0 Å². The second-order valence-electron chi connectivity index (χ2n) is 9.33. The molecule has 0 saturated carbocycles. The van der Waals surface area contributed by atoms with Gasteiger partial charge in [-0.1, -0.05) is 30.3 Å². The van der Waals surface area contributed by atoms with Gasteiger partial charge in [0, 0.05) is 44.4 Å². The van der Waals surface area contributed by atoms with Crippen molar-refractivity contribution in [1.29, 1.82) is 0 Å². The maximum atomic E-state index is 13.5. The number of likely N-dealkylation sites (tertiary alicyclic amines) is 1. The minimum atomic E-state index is -2.95. The number of halogens is 2. The highest BCUT2D eigenvalue weighted by Crippen LogP contribution is 2.31. The van der Waals surface area contributed by atoms with E-state index >= 15 is 0 Å². The highest BCUT2D eigenvalue weighted by molar-refractivity contribution is 5.75. The van der Waals surface area contributed by atoms with Gasteiger partial charge in [-0.3, -0.25) is 9.69 Å². The molecule has 6 nitrogen and oxygen atoms in total. The lowest BCUT2D eigenvalue weighted by Gasteiger charge is -2.25. The maximum Gasteiger partial charge on any atom is 0.325 e. The largest absolute Gasteiger partial charge is 0.480 e. The first-order chi connectivity index (χ1) is 16.3. The third kappa shape index (κ3) is 6.10. The van der Waals surface area contributed by atoms with E-state index in [0.717, 1.165) is 63.5 Å². The normalized spacial score (nSPS) is 19.4. The number of aryl methyl sites for hydroxylation is 2. The number of nitrogens with one attached hydrogen (secondary N) is 1. The third-order valence-corrected chi connectivity index (χ3v) is 6.64. The van der Waals surface area contributed by atoms with Crippen LogP contribution in [0.1, 0.15) is 61.0 Å². The summed E-state index contributed by atoms with van der Waals surface area (Å²) in [5.41, 5.74) is 2.78. The van der Waals surface area contributed by atoms with Crippen LogP contribution < -0.4 is 5.32 Å². The van der Waals surface area contributed by atoms with Crippen LogP contribution in [0.5, 0.6) is 0 Å². The summed E-state index contributed by atoms with van der Waals surface area (Å²) in [7, 11) is 0. The fourth-order valence-electron chi connectivity index (χ4n) is 4.76. The standard InChI is InChI=1S/C26H33F2N3O3/c1-26(27,28)20-10-7-18(8-11-20)23(25(32)33)31-15-13-22(17-31)34-16-3-2-6-21-12-9-19-5-4-14-29-24(19)30-21/h7-12,22-23H,2-6,13-17H2,1H3,(H,29,30)(H,32,33)/t22-,23?/m1/s1. The van der Waals surface area contributed by atoms with Crippen LogP contribution in [-0.2, 0) is 28.3 Å². The molecule has 2 aliphatic heterocycles. The van der Waals surface area contributed by atoms with Crippen LogP contribution in [0.25, 0.3) is 0 Å². The first-order valence-corrected chi connectivity index (χ1v) is 12.1. The van der Waals surface area contributed by atoms with E-state index in [4.69, 9.17) is 9.72 Å². The number of ether oxygens (including phenoxy) is 1. The molecule has 1 saturated heterocycles. The molecule has 0 radical (unpaired) electrons. The Balaban J connectivity index is 1.22. The Morgan fingerprint density at radius 1 is 1.26 bits per heavy atom. The molecule has 0 amide bonds. The number of pyridine rings is 1. The maximum absolute atomic E-state index is 13.5. The lowest BCUT2D eigenvalue weighted by molar-refractivity contribution is -0.143. The first-order valence-electron chi connectivity index (χ1n) is 12.1. The summed E-state index contributed by atoms with van der Waals surface area (Å²) in [5.74, 6) is -2.91. The van der Waals surface area contributed by atoms with E-state index in [9.17, 15) is 18.7 Å². The summed E-state index contributed by atoms with van der Waals surface area (Å²) in [4.78, 5) is 18.5. The van der Waals surface area contributed by atoms with E-state index in [2.05, 4.69) is 17.4 Å². The zero-order chi connectivity index (χ0) is 24.1.